The summed E-state index contributed by atoms with van der Waals surface area (Å²) >= 11 is 1.75. The van der Waals surface area contributed by atoms with E-state index in [1.807, 2.05) is 32.2 Å². The SMILES string of the molecule is CCOC(=O)C1(NC)CCC(Sc2ccccn2)C1. The number of rotatable bonds is 5. The van der Waals surface area contributed by atoms with E-state index in [1.54, 1.807) is 18.0 Å². The Balaban J connectivity index is 1.99. The van der Waals surface area contributed by atoms with Crippen molar-refractivity contribution >= 4 is 17.7 Å². The summed E-state index contributed by atoms with van der Waals surface area (Å²) in [6, 6.07) is 5.91. The molecule has 0 aromatic carbocycles. The van der Waals surface area contributed by atoms with E-state index in [0.717, 1.165) is 24.3 Å². The zero-order valence-corrected chi connectivity index (χ0v) is 12.2. The van der Waals surface area contributed by atoms with E-state index >= 15 is 0 Å². The third kappa shape index (κ3) is 3.28. The fourth-order valence-electron chi connectivity index (χ4n) is 2.47. The van der Waals surface area contributed by atoms with E-state index in [0.29, 0.717) is 11.9 Å². The molecule has 19 heavy (non-hydrogen) atoms. The standard InChI is InChI=1S/C14H20N2O2S/c1-3-18-13(17)14(15-2)8-7-11(10-14)19-12-6-4-5-9-16-12/h4-6,9,11,15H,3,7-8,10H2,1-2H3. The maximum atomic E-state index is 12.1. The molecule has 0 radical (unpaired) electrons. The molecule has 1 heterocycles. The van der Waals surface area contributed by atoms with Crippen molar-refractivity contribution in [2.24, 2.45) is 0 Å². The van der Waals surface area contributed by atoms with E-state index in [4.69, 9.17) is 4.74 Å². The minimum atomic E-state index is -0.511. The number of hydrogen-bond acceptors (Lipinski definition) is 5. The van der Waals surface area contributed by atoms with Crippen molar-refractivity contribution in [2.75, 3.05) is 13.7 Å². The van der Waals surface area contributed by atoms with Gasteiger partial charge in [-0.1, -0.05) is 6.07 Å². The summed E-state index contributed by atoms with van der Waals surface area (Å²) < 4.78 is 5.19. The first kappa shape index (κ1) is 14.3. The summed E-state index contributed by atoms with van der Waals surface area (Å²) in [7, 11) is 1.84. The van der Waals surface area contributed by atoms with Gasteiger partial charge in [0.15, 0.2) is 0 Å². The molecule has 104 valence electrons. The molecule has 1 aromatic heterocycles. The van der Waals surface area contributed by atoms with Gasteiger partial charge >= 0.3 is 5.97 Å². The zero-order valence-electron chi connectivity index (χ0n) is 11.4. The van der Waals surface area contributed by atoms with Crippen molar-refractivity contribution in [3.8, 4) is 0 Å². The van der Waals surface area contributed by atoms with Crippen LogP contribution in [0.3, 0.4) is 0 Å². The fourth-order valence-corrected chi connectivity index (χ4v) is 3.70. The van der Waals surface area contributed by atoms with Crippen LogP contribution in [0.4, 0.5) is 0 Å². The van der Waals surface area contributed by atoms with Crippen molar-refractivity contribution in [1.29, 1.82) is 0 Å². The van der Waals surface area contributed by atoms with Crippen LogP contribution in [0.15, 0.2) is 29.4 Å². The molecule has 0 bridgehead atoms. The number of carbonyl (C=O) groups is 1. The summed E-state index contributed by atoms with van der Waals surface area (Å²) in [5.74, 6) is -0.123. The smallest absolute Gasteiger partial charge is 0.326 e. The van der Waals surface area contributed by atoms with Crippen LogP contribution in [0.5, 0.6) is 0 Å². The van der Waals surface area contributed by atoms with Gasteiger partial charge in [-0.05, 0) is 45.4 Å². The van der Waals surface area contributed by atoms with E-state index in [1.165, 1.54) is 0 Å². The van der Waals surface area contributed by atoms with Crippen LogP contribution in [0.1, 0.15) is 26.2 Å². The molecule has 1 aliphatic rings. The van der Waals surface area contributed by atoms with Crippen LogP contribution in [-0.4, -0.2) is 35.4 Å². The maximum Gasteiger partial charge on any atom is 0.326 e. The predicted octanol–water partition coefficient (Wildman–Crippen LogP) is 2.25. The van der Waals surface area contributed by atoms with Gasteiger partial charge in [-0.3, -0.25) is 4.79 Å². The molecule has 0 spiro atoms. The van der Waals surface area contributed by atoms with Gasteiger partial charge in [-0.15, -0.1) is 11.8 Å². The van der Waals surface area contributed by atoms with Gasteiger partial charge < -0.3 is 10.1 Å². The number of ether oxygens (including phenoxy) is 1. The largest absolute Gasteiger partial charge is 0.465 e. The first-order chi connectivity index (χ1) is 9.20. The van der Waals surface area contributed by atoms with Crippen molar-refractivity contribution < 1.29 is 9.53 Å². The maximum absolute atomic E-state index is 12.1. The Morgan fingerprint density at radius 2 is 2.47 bits per heavy atom. The van der Waals surface area contributed by atoms with Crippen LogP contribution in [0.2, 0.25) is 0 Å². The summed E-state index contributed by atoms with van der Waals surface area (Å²) in [4.78, 5) is 16.4. The molecular weight excluding hydrogens is 260 g/mol. The molecule has 5 heteroatoms. The normalized spacial score (nSPS) is 26.3. The van der Waals surface area contributed by atoms with Gasteiger partial charge in [0.05, 0.1) is 11.6 Å². The molecule has 0 saturated heterocycles. The lowest BCUT2D eigenvalue weighted by atomic mass is 9.98. The van der Waals surface area contributed by atoms with Gasteiger partial charge in [0.1, 0.15) is 5.54 Å². The van der Waals surface area contributed by atoms with Crippen LogP contribution in [-0.2, 0) is 9.53 Å². The number of nitrogens with one attached hydrogen (secondary N) is 1. The third-order valence-electron chi connectivity index (χ3n) is 3.54. The van der Waals surface area contributed by atoms with Crippen molar-refractivity contribution in [1.82, 2.24) is 10.3 Å². The minimum Gasteiger partial charge on any atom is -0.465 e. The number of esters is 1. The number of likely N-dealkylation sites (N-methyl/N-ethyl adjacent to an activating group) is 1. The van der Waals surface area contributed by atoms with Crippen LogP contribution in [0.25, 0.3) is 0 Å². The monoisotopic (exact) mass is 280 g/mol. The van der Waals surface area contributed by atoms with Gasteiger partial charge in [0, 0.05) is 11.4 Å². The quantitative estimate of drug-likeness (QED) is 0.838. The second-order valence-corrected chi connectivity index (χ2v) is 6.02. The average Bonchev–Trinajstić information content (AvgIpc) is 2.85. The molecular formula is C14H20N2O2S. The van der Waals surface area contributed by atoms with E-state index in [-0.39, 0.29) is 5.97 Å². The number of aromatic nitrogens is 1. The molecule has 1 saturated carbocycles. The van der Waals surface area contributed by atoms with Crippen molar-refractivity contribution in [2.45, 2.75) is 42.0 Å². The average molecular weight is 280 g/mol. The van der Waals surface area contributed by atoms with E-state index < -0.39 is 5.54 Å². The molecule has 0 aliphatic heterocycles. The third-order valence-corrected chi connectivity index (χ3v) is 4.76. The number of pyridine rings is 1. The highest BCUT2D eigenvalue weighted by molar-refractivity contribution is 7.99. The lowest BCUT2D eigenvalue weighted by Gasteiger charge is -2.26. The van der Waals surface area contributed by atoms with Crippen molar-refractivity contribution in [3.63, 3.8) is 0 Å². The molecule has 1 N–H and O–H groups in total. The Bertz CT molecular complexity index is 427. The van der Waals surface area contributed by atoms with Gasteiger partial charge in [0.2, 0.25) is 0 Å². The second kappa shape index (κ2) is 6.39. The fraction of sp³-hybridized carbons (Fsp3) is 0.571. The highest BCUT2D eigenvalue weighted by Crippen LogP contribution is 2.40. The second-order valence-electron chi connectivity index (χ2n) is 4.70. The molecule has 2 rings (SSSR count). The van der Waals surface area contributed by atoms with E-state index in [2.05, 4.69) is 10.3 Å². The van der Waals surface area contributed by atoms with Gasteiger partial charge in [-0.2, -0.15) is 0 Å². The molecule has 1 fully saturated rings. The van der Waals surface area contributed by atoms with Gasteiger partial charge in [-0.25, -0.2) is 4.98 Å². The molecule has 2 atom stereocenters. The number of hydrogen-bond donors (Lipinski definition) is 1. The Hall–Kier alpha value is -1.07. The van der Waals surface area contributed by atoms with E-state index in [9.17, 15) is 4.79 Å². The molecule has 4 nitrogen and oxygen atoms in total. The predicted molar refractivity (Wildman–Crippen MR) is 76.2 cm³/mol. The summed E-state index contributed by atoms with van der Waals surface area (Å²) in [6.07, 6.45) is 4.42. The zero-order chi connectivity index (χ0) is 13.7. The molecule has 0 amide bonds. The minimum absolute atomic E-state index is 0.123. The Morgan fingerprint density at radius 1 is 1.63 bits per heavy atom. The highest BCUT2D eigenvalue weighted by atomic mass is 32.2. The molecule has 1 aromatic rings. The Labute approximate surface area is 118 Å². The number of carbonyl (C=O) groups excluding carboxylic acids is 1. The first-order valence-electron chi connectivity index (χ1n) is 6.64. The number of nitrogens with zero attached hydrogens (tertiary/aromatic N) is 1. The summed E-state index contributed by atoms with van der Waals surface area (Å²) in [6.45, 7) is 2.27. The van der Waals surface area contributed by atoms with Gasteiger partial charge in [0.25, 0.3) is 0 Å². The highest BCUT2D eigenvalue weighted by Gasteiger charge is 2.45. The molecule has 2 unspecified atom stereocenters. The van der Waals surface area contributed by atoms with Crippen LogP contribution >= 0.6 is 11.8 Å². The Morgan fingerprint density at radius 3 is 3.11 bits per heavy atom. The lowest BCUT2D eigenvalue weighted by molar-refractivity contribution is -0.150. The topological polar surface area (TPSA) is 51.2 Å². The lowest BCUT2D eigenvalue weighted by Crippen LogP contribution is -2.49. The van der Waals surface area contributed by atoms with Crippen LogP contribution in [0, 0.1) is 0 Å². The van der Waals surface area contributed by atoms with Crippen molar-refractivity contribution in [3.05, 3.63) is 24.4 Å². The summed E-state index contributed by atoms with van der Waals surface area (Å²) in [5, 5.41) is 4.60. The Kier molecular flexibility index (Phi) is 4.82. The van der Waals surface area contributed by atoms with Crippen LogP contribution < -0.4 is 5.32 Å². The summed E-state index contributed by atoms with van der Waals surface area (Å²) in [5.41, 5.74) is -0.511. The molecule has 1 aliphatic carbocycles. The number of thioether (sulfide) groups is 1. The first-order valence-corrected chi connectivity index (χ1v) is 7.52.